The molecule has 3 aromatic carbocycles. The molecule has 0 unspecified atom stereocenters. The van der Waals surface area contributed by atoms with Gasteiger partial charge in [-0.3, -0.25) is 9.59 Å². The number of ether oxygens (including phenoxy) is 1. The monoisotopic (exact) mass is 428 g/mol. The first-order chi connectivity index (χ1) is 14.8. The summed E-state index contributed by atoms with van der Waals surface area (Å²) in [5, 5.41) is 5.48. The summed E-state index contributed by atoms with van der Waals surface area (Å²) in [6.07, 6.45) is -4.40. The Bertz CT molecular complexity index is 1020. The van der Waals surface area contributed by atoms with Gasteiger partial charge in [-0.15, -0.1) is 0 Å². The summed E-state index contributed by atoms with van der Waals surface area (Å²) in [6, 6.07) is 21.2. The van der Waals surface area contributed by atoms with E-state index in [1.807, 2.05) is 6.07 Å². The van der Waals surface area contributed by atoms with Crippen LogP contribution in [0.2, 0.25) is 0 Å². The second-order valence-electron chi connectivity index (χ2n) is 6.63. The summed E-state index contributed by atoms with van der Waals surface area (Å²) in [6.45, 7) is -1.16. The molecule has 0 fully saturated rings. The molecule has 31 heavy (non-hydrogen) atoms. The number of alkyl halides is 3. The van der Waals surface area contributed by atoms with Crippen LogP contribution in [-0.4, -0.2) is 24.6 Å². The molecule has 0 saturated carbocycles. The van der Waals surface area contributed by atoms with Gasteiger partial charge in [0.2, 0.25) is 0 Å². The summed E-state index contributed by atoms with van der Waals surface area (Å²) in [4.78, 5) is 24.5. The second-order valence-corrected chi connectivity index (χ2v) is 6.63. The van der Waals surface area contributed by atoms with E-state index in [0.717, 1.165) is 0 Å². The Morgan fingerprint density at radius 3 is 2.00 bits per heavy atom. The number of hydrogen-bond acceptors (Lipinski definition) is 3. The Kier molecular flexibility index (Phi) is 6.92. The summed E-state index contributed by atoms with van der Waals surface area (Å²) in [5.74, 6) is -0.473. The molecule has 5 nitrogen and oxygen atoms in total. The Labute approximate surface area is 176 Å². The van der Waals surface area contributed by atoms with Gasteiger partial charge in [0.15, 0.2) is 6.61 Å². The Hall–Kier alpha value is -3.81. The third kappa shape index (κ3) is 6.88. The van der Waals surface area contributed by atoms with Crippen molar-refractivity contribution in [2.75, 3.05) is 11.9 Å². The predicted octanol–water partition coefficient (Wildman–Crippen LogP) is 4.81. The number of carbonyl (C=O) groups is 2. The summed E-state index contributed by atoms with van der Waals surface area (Å²) in [5.41, 5.74) is 2.20. The molecule has 0 atom stereocenters. The SMILES string of the molecule is O=C(NCc1ccc(OCC(F)(F)F)cc1)c1ccc(NC(=O)c2ccccc2)cc1. The van der Waals surface area contributed by atoms with E-state index in [1.54, 1.807) is 60.7 Å². The van der Waals surface area contributed by atoms with Gasteiger partial charge >= 0.3 is 6.18 Å². The first-order valence-corrected chi connectivity index (χ1v) is 9.33. The minimum absolute atomic E-state index is 0.0977. The number of rotatable bonds is 7. The average Bonchev–Trinajstić information content (AvgIpc) is 2.77. The van der Waals surface area contributed by atoms with E-state index in [-0.39, 0.29) is 24.1 Å². The average molecular weight is 428 g/mol. The lowest BCUT2D eigenvalue weighted by Crippen LogP contribution is -2.22. The lowest BCUT2D eigenvalue weighted by atomic mass is 10.1. The van der Waals surface area contributed by atoms with Crippen molar-refractivity contribution in [1.29, 1.82) is 0 Å². The van der Waals surface area contributed by atoms with Crippen LogP contribution in [0.25, 0.3) is 0 Å². The summed E-state index contributed by atoms with van der Waals surface area (Å²) < 4.78 is 41.1. The zero-order chi connectivity index (χ0) is 22.3. The highest BCUT2D eigenvalue weighted by Gasteiger charge is 2.28. The van der Waals surface area contributed by atoms with Crippen LogP contribution in [0.1, 0.15) is 26.3 Å². The van der Waals surface area contributed by atoms with Crippen molar-refractivity contribution in [3.8, 4) is 5.75 Å². The van der Waals surface area contributed by atoms with Gasteiger partial charge in [-0.2, -0.15) is 13.2 Å². The molecule has 2 amide bonds. The quantitative estimate of drug-likeness (QED) is 0.568. The Balaban J connectivity index is 1.50. The topological polar surface area (TPSA) is 67.4 Å². The molecule has 0 spiro atoms. The van der Waals surface area contributed by atoms with E-state index >= 15 is 0 Å². The second kappa shape index (κ2) is 9.80. The first kappa shape index (κ1) is 21.9. The maximum absolute atomic E-state index is 12.3. The van der Waals surface area contributed by atoms with E-state index in [2.05, 4.69) is 15.4 Å². The third-order valence-corrected chi connectivity index (χ3v) is 4.22. The first-order valence-electron chi connectivity index (χ1n) is 9.33. The number of benzene rings is 3. The highest BCUT2D eigenvalue weighted by atomic mass is 19.4. The van der Waals surface area contributed by atoms with Gasteiger partial charge in [0.05, 0.1) is 0 Å². The molecule has 0 saturated heterocycles. The van der Waals surface area contributed by atoms with Crippen molar-refractivity contribution in [2.24, 2.45) is 0 Å². The van der Waals surface area contributed by atoms with Crippen LogP contribution >= 0.6 is 0 Å². The molecule has 0 bridgehead atoms. The zero-order valence-electron chi connectivity index (χ0n) is 16.3. The van der Waals surface area contributed by atoms with Gasteiger partial charge in [-0.25, -0.2) is 0 Å². The van der Waals surface area contributed by atoms with Gasteiger partial charge in [-0.05, 0) is 54.1 Å². The van der Waals surface area contributed by atoms with Crippen LogP contribution in [0.5, 0.6) is 5.75 Å². The molecule has 0 aromatic heterocycles. The number of halogens is 3. The normalized spacial score (nSPS) is 10.9. The molecule has 3 aromatic rings. The lowest BCUT2D eigenvalue weighted by molar-refractivity contribution is -0.153. The van der Waals surface area contributed by atoms with Crippen molar-refractivity contribution in [2.45, 2.75) is 12.7 Å². The standard InChI is InChI=1S/C23H19F3N2O3/c24-23(25,26)15-31-20-12-6-16(7-13-20)14-27-21(29)18-8-10-19(11-9-18)28-22(30)17-4-2-1-3-5-17/h1-13H,14-15H2,(H,27,29)(H,28,30). The highest BCUT2D eigenvalue weighted by molar-refractivity contribution is 6.04. The molecule has 0 aliphatic heterocycles. The number of carbonyl (C=O) groups excluding carboxylic acids is 2. The maximum Gasteiger partial charge on any atom is 0.422 e. The number of hydrogen-bond donors (Lipinski definition) is 2. The van der Waals surface area contributed by atoms with E-state index in [0.29, 0.717) is 22.4 Å². The molecular formula is C23H19F3N2O3. The molecule has 2 N–H and O–H groups in total. The van der Waals surface area contributed by atoms with Gasteiger partial charge in [0.1, 0.15) is 5.75 Å². The molecule has 0 aliphatic rings. The van der Waals surface area contributed by atoms with Crippen LogP contribution in [0, 0.1) is 0 Å². The molecule has 0 aliphatic carbocycles. The lowest BCUT2D eigenvalue weighted by Gasteiger charge is -2.10. The smallest absolute Gasteiger partial charge is 0.422 e. The van der Waals surface area contributed by atoms with Crippen molar-refractivity contribution >= 4 is 17.5 Å². The van der Waals surface area contributed by atoms with E-state index in [4.69, 9.17) is 0 Å². The molecule has 0 heterocycles. The molecule has 0 radical (unpaired) electrons. The van der Waals surface area contributed by atoms with Crippen molar-refractivity contribution in [1.82, 2.24) is 5.32 Å². The fourth-order valence-electron chi connectivity index (χ4n) is 2.65. The van der Waals surface area contributed by atoms with Gasteiger partial charge in [0.25, 0.3) is 11.8 Å². The van der Waals surface area contributed by atoms with E-state index in [1.165, 1.54) is 12.1 Å². The molecule has 8 heteroatoms. The number of amides is 2. The Morgan fingerprint density at radius 2 is 1.39 bits per heavy atom. The molecular weight excluding hydrogens is 409 g/mol. The van der Waals surface area contributed by atoms with Crippen molar-refractivity contribution in [3.05, 3.63) is 95.6 Å². The van der Waals surface area contributed by atoms with Crippen LogP contribution in [0.3, 0.4) is 0 Å². The van der Waals surface area contributed by atoms with Crippen LogP contribution in [-0.2, 0) is 6.54 Å². The van der Waals surface area contributed by atoms with E-state index < -0.39 is 12.8 Å². The summed E-state index contributed by atoms with van der Waals surface area (Å²) in [7, 11) is 0. The van der Waals surface area contributed by atoms with Gasteiger partial charge in [-0.1, -0.05) is 30.3 Å². The van der Waals surface area contributed by atoms with Crippen LogP contribution < -0.4 is 15.4 Å². The number of anilines is 1. The largest absolute Gasteiger partial charge is 0.484 e. The van der Waals surface area contributed by atoms with Crippen LogP contribution in [0.15, 0.2) is 78.9 Å². The highest BCUT2D eigenvalue weighted by Crippen LogP contribution is 2.19. The predicted molar refractivity (Wildman–Crippen MR) is 110 cm³/mol. The Morgan fingerprint density at radius 1 is 0.774 bits per heavy atom. The van der Waals surface area contributed by atoms with Crippen molar-refractivity contribution < 1.29 is 27.5 Å². The third-order valence-electron chi connectivity index (χ3n) is 4.22. The van der Waals surface area contributed by atoms with Gasteiger partial charge < -0.3 is 15.4 Å². The summed E-state index contributed by atoms with van der Waals surface area (Å²) >= 11 is 0. The van der Waals surface area contributed by atoms with Gasteiger partial charge in [0, 0.05) is 23.4 Å². The fourth-order valence-corrected chi connectivity index (χ4v) is 2.65. The van der Waals surface area contributed by atoms with E-state index in [9.17, 15) is 22.8 Å². The molecule has 160 valence electrons. The molecule has 3 rings (SSSR count). The van der Waals surface area contributed by atoms with Crippen LogP contribution in [0.4, 0.5) is 18.9 Å². The fraction of sp³-hybridized carbons (Fsp3) is 0.130. The maximum atomic E-state index is 12.3. The zero-order valence-corrected chi connectivity index (χ0v) is 16.3. The minimum atomic E-state index is -4.40. The number of nitrogens with one attached hydrogen (secondary N) is 2. The van der Waals surface area contributed by atoms with Crippen molar-refractivity contribution in [3.63, 3.8) is 0 Å². The minimum Gasteiger partial charge on any atom is -0.484 e.